The zero-order valence-corrected chi connectivity index (χ0v) is 13.0. The van der Waals surface area contributed by atoms with Crippen LogP contribution in [0.5, 0.6) is 0 Å². The van der Waals surface area contributed by atoms with Crippen LogP contribution in [-0.4, -0.2) is 43.8 Å². The summed E-state index contributed by atoms with van der Waals surface area (Å²) in [4.78, 5) is 7.11. The van der Waals surface area contributed by atoms with Crippen LogP contribution in [0.3, 0.4) is 0 Å². The first-order chi connectivity index (χ1) is 9.57. The van der Waals surface area contributed by atoms with Crippen molar-refractivity contribution in [3.8, 4) is 0 Å². The van der Waals surface area contributed by atoms with Crippen LogP contribution in [0.4, 0.5) is 0 Å². The lowest BCUT2D eigenvalue weighted by atomic mass is 9.85. The third-order valence-corrected chi connectivity index (χ3v) is 5.51. The van der Waals surface area contributed by atoms with Gasteiger partial charge in [-0.2, -0.15) is 5.10 Å². The number of nitrogens with one attached hydrogen (secondary N) is 1. The number of hydrogen-bond donors (Lipinski definition) is 1. The van der Waals surface area contributed by atoms with E-state index in [4.69, 9.17) is 0 Å². The van der Waals surface area contributed by atoms with Crippen LogP contribution in [0.25, 0.3) is 0 Å². The van der Waals surface area contributed by atoms with Gasteiger partial charge >= 0.3 is 0 Å². The molecule has 20 heavy (non-hydrogen) atoms. The molecule has 0 aromatic carbocycles. The lowest BCUT2D eigenvalue weighted by Crippen LogP contribution is -2.67. The number of hydrogen-bond acceptors (Lipinski definition) is 4. The molecule has 0 amide bonds. The third-order valence-electron chi connectivity index (χ3n) is 5.51. The molecule has 0 radical (unpaired) electrons. The van der Waals surface area contributed by atoms with E-state index in [1.165, 1.54) is 32.1 Å². The zero-order chi connectivity index (χ0) is 14.2. The summed E-state index contributed by atoms with van der Waals surface area (Å²) in [5.74, 6) is 1.08. The Hall–Kier alpha value is -0.940. The van der Waals surface area contributed by atoms with Crippen molar-refractivity contribution < 1.29 is 0 Å². The number of aryl methyl sites for hydroxylation is 1. The molecule has 2 heterocycles. The minimum atomic E-state index is 0.229. The molecule has 2 fully saturated rings. The largest absolute Gasteiger partial charge is 0.308 e. The van der Waals surface area contributed by atoms with Gasteiger partial charge in [0.15, 0.2) is 0 Å². The summed E-state index contributed by atoms with van der Waals surface area (Å²) in [6.45, 7) is 7.78. The Morgan fingerprint density at radius 1 is 1.35 bits per heavy atom. The van der Waals surface area contributed by atoms with E-state index in [9.17, 15) is 0 Å². The van der Waals surface area contributed by atoms with Gasteiger partial charge in [-0.1, -0.05) is 19.8 Å². The average molecular weight is 277 g/mol. The average Bonchev–Trinajstić information content (AvgIpc) is 3.06. The maximum absolute atomic E-state index is 4.43. The zero-order valence-electron chi connectivity index (χ0n) is 13.0. The highest BCUT2D eigenvalue weighted by molar-refractivity contribution is 5.06. The van der Waals surface area contributed by atoms with Gasteiger partial charge in [0.1, 0.15) is 12.2 Å². The normalized spacial score (nSPS) is 30.1. The number of nitrogens with zero attached hydrogens (tertiary/aromatic N) is 4. The van der Waals surface area contributed by atoms with E-state index in [0.29, 0.717) is 5.54 Å². The van der Waals surface area contributed by atoms with Crippen molar-refractivity contribution >= 4 is 0 Å². The van der Waals surface area contributed by atoms with Gasteiger partial charge in [0, 0.05) is 31.2 Å². The van der Waals surface area contributed by atoms with Gasteiger partial charge < -0.3 is 5.32 Å². The molecular weight excluding hydrogens is 250 g/mol. The van der Waals surface area contributed by atoms with Gasteiger partial charge in [-0.15, -0.1) is 0 Å². The molecule has 5 nitrogen and oxygen atoms in total. The Labute approximate surface area is 121 Å². The second-order valence-corrected chi connectivity index (χ2v) is 6.86. The predicted octanol–water partition coefficient (Wildman–Crippen LogP) is 1.70. The van der Waals surface area contributed by atoms with Gasteiger partial charge in [0.2, 0.25) is 0 Å². The van der Waals surface area contributed by atoms with Crippen molar-refractivity contribution in [3.63, 3.8) is 0 Å². The van der Waals surface area contributed by atoms with E-state index in [1.54, 1.807) is 6.33 Å². The molecule has 1 aromatic rings. The quantitative estimate of drug-likeness (QED) is 0.913. The van der Waals surface area contributed by atoms with Gasteiger partial charge in [-0.05, 0) is 26.2 Å². The van der Waals surface area contributed by atoms with Crippen molar-refractivity contribution in [1.29, 1.82) is 0 Å². The molecule has 1 unspecified atom stereocenters. The van der Waals surface area contributed by atoms with Crippen LogP contribution < -0.4 is 5.32 Å². The summed E-state index contributed by atoms with van der Waals surface area (Å²) >= 11 is 0. The maximum Gasteiger partial charge on any atom is 0.140 e. The molecular formula is C15H27N5. The number of piperazine rings is 1. The molecule has 0 bridgehead atoms. The van der Waals surface area contributed by atoms with E-state index in [-0.39, 0.29) is 5.54 Å². The lowest BCUT2D eigenvalue weighted by Gasteiger charge is -2.52. The summed E-state index contributed by atoms with van der Waals surface area (Å²) < 4.78 is 1.91. The monoisotopic (exact) mass is 277 g/mol. The maximum atomic E-state index is 4.43. The van der Waals surface area contributed by atoms with Crippen molar-refractivity contribution in [3.05, 3.63) is 12.2 Å². The molecule has 1 aliphatic carbocycles. The van der Waals surface area contributed by atoms with E-state index in [2.05, 4.69) is 34.1 Å². The SMILES string of the molecule is CCC1(C)CN(Cc2ncnn2C)C2(CCCC2)CN1. The fourth-order valence-corrected chi connectivity index (χ4v) is 3.76. The first-order valence-corrected chi connectivity index (χ1v) is 7.90. The Bertz CT molecular complexity index is 463. The first-order valence-electron chi connectivity index (χ1n) is 7.90. The summed E-state index contributed by atoms with van der Waals surface area (Å²) in [5.41, 5.74) is 0.576. The highest BCUT2D eigenvalue weighted by Crippen LogP contribution is 2.39. The van der Waals surface area contributed by atoms with Crippen LogP contribution >= 0.6 is 0 Å². The molecule has 1 saturated heterocycles. The number of rotatable bonds is 3. The Morgan fingerprint density at radius 2 is 2.10 bits per heavy atom. The topological polar surface area (TPSA) is 46.0 Å². The standard InChI is InChI=1S/C15H27N5/c1-4-14(2)11-20(9-13-16-12-18-19(13)3)15(10-17-14)7-5-6-8-15/h12,17H,4-11H2,1-3H3. The van der Waals surface area contributed by atoms with Crippen LogP contribution in [0.1, 0.15) is 51.8 Å². The van der Waals surface area contributed by atoms with Crippen molar-refractivity contribution in [2.45, 2.75) is 63.6 Å². The second-order valence-electron chi connectivity index (χ2n) is 6.86. The van der Waals surface area contributed by atoms with E-state index >= 15 is 0 Å². The minimum Gasteiger partial charge on any atom is -0.308 e. The number of aromatic nitrogens is 3. The van der Waals surface area contributed by atoms with Gasteiger partial charge in [0.25, 0.3) is 0 Å². The molecule has 1 spiro atoms. The van der Waals surface area contributed by atoms with E-state index in [0.717, 1.165) is 25.5 Å². The van der Waals surface area contributed by atoms with Gasteiger partial charge in [0.05, 0.1) is 6.54 Å². The Morgan fingerprint density at radius 3 is 2.70 bits per heavy atom. The fourth-order valence-electron chi connectivity index (χ4n) is 3.76. The van der Waals surface area contributed by atoms with Gasteiger partial charge in [-0.25, -0.2) is 4.98 Å². The summed E-state index contributed by atoms with van der Waals surface area (Å²) in [6.07, 6.45) is 8.19. The van der Waals surface area contributed by atoms with Gasteiger partial charge in [-0.3, -0.25) is 9.58 Å². The Balaban J connectivity index is 1.83. The van der Waals surface area contributed by atoms with Crippen LogP contribution in [0.2, 0.25) is 0 Å². The summed E-state index contributed by atoms with van der Waals surface area (Å²) in [7, 11) is 1.99. The molecule has 1 saturated carbocycles. The molecule has 1 aliphatic heterocycles. The fraction of sp³-hybridized carbons (Fsp3) is 0.867. The highest BCUT2D eigenvalue weighted by atomic mass is 15.4. The van der Waals surface area contributed by atoms with Crippen LogP contribution in [-0.2, 0) is 13.6 Å². The summed E-state index contributed by atoms with van der Waals surface area (Å²) in [6, 6.07) is 0. The lowest BCUT2D eigenvalue weighted by molar-refractivity contribution is 0.00279. The van der Waals surface area contributed by atoms with E-state index in [1.807, 2.05) is 11.7 Å². The molecule has 3 rings (SSSR count). The van der Waals surface area contributed by atoms with Crippen molar-refractivity contribution in [1.82, 2.24) is 25.0 Å². The molecule has 5 heteroatoms. The molecule has 1 atom stereocenters. The van der Waals surface area contributed by atoms with Crippen molar-refractivity contribution in [2.24, 2.45) is 7.05 Å². The highest BCUT2D eigenvalue weighted by Gasteiger charge is 2.46. The molecule has 1 aromatic heterocycles. The van der Waals surface area contributed by atoms with Crippen LogP contribution in [0, 0.1) is 0 Å². The summed E-state index contributed by atoms with van der Waals surface area (Å²) in [5, 5.41) is 8.03. The smallest absolute Gasteiger partial charge is 0.140 e. The van der Waals surface area contributed by atoms with Crippen LogP contribution in [0.15, 0.2) is 6.33 Å². The second kappa shape index (κ2) is 5.11. The predicted molar refractivity (Wildman–Crippen MR) is 79.3 cm³/mol. The molecule has 2 aliphatic rings. The first kappa shape index (κ1) is 14.0. The molecule has 112 valence electrons. The third kappa shape index (κ3) is 2.37. The van der Waals surface area contributed by atoms with E-state index < -0.39 is 0 Å². The Kier molecular flexibility index (Phi) is 3.58. The molecule has 1 N–H and O–H groups in total. The minimum absolute atomic E-state index is 0.229. The van der Waals surface area contributed by atoms with Crippen molar-refractivity contribution in [2.75, 3.05) is 13.1 Å².